The molecule has 0 unspecified atom stereocenters. The number of benzene rings is 1. The number of hydrogen-bond donors (Lipinski definition) is 2. The molecule has 38 heavy (non-hydrogen) atoms. The Morgan fingerprint density at radius 2 is 1.97 bits per heavy atom. The van der Waals surface area contributed by atoms with Crippen LogP contribution < -0.4 is 0 Å². The van der Waals surface area contributed by atoms with Crippen molar-refractivity contribution in [3.05, 3.63) is 59.2 Å². The Balaban J connectivity index is 1.45. The SMILES string of the molecule is Cc1ccccc1CO/N=C1/C=C[C@@]2(C)C(=C1)CC[C@@H]1[C@@H]2/C(=N\N(C)C)C[C@@]2(C)[C@H]1CC[C@]2(O)C(=O)CO. The highest BCUT2D eigenvalue weighted by Gasteiger charge is 2.67. The molecule has 0 spiro atoms. The van der Waals surface area contributed by atoms with E-state index in [4.69, 9.17) is 9.94 Å². The molecule has 0 bridgehead atoms. The van der Waals surface area contributed by atoms with Crippen LogP contribution >= 0.6 is 0 Å². The number of aryl methyl sites for hydroxylation is 1. The van der Waals surface area contributed by atoms with Crippen molar-refractivity contribution in [2.75, 3.05) is 20.7 Å². The van der Waals surface area contributed by atoms with Crippen molar-refractivity contribution < 1.29 is 19.8 Å². The number of carbonyl (C=O) groups is 1. The van der Waals surface area contributed by atoms with Gasteiger partial charge in [0.25, 0.3) is 0 Å². The Hall–Kier alpha value is -2.77. The van der Waals surface area contributed by atoms with Gasteiger partial charge in [0.2, 0.25) is 0 Å². The normalized spacial score (nSPS) is 37.9. The standard InChI is InChI=1S/C31H41N3O4/c1-20-8-6-7-9-21(20)19-38-33-23-12-14-29(2)22(16-23)10-11-24-25-13-15-31(37,27(36)18-35)30(25,3)17-26(28(24)29)32-34(4)5/h6-9,12,14,16,24-25,28,35,37H,10-11,13,15,17-19H2,1-5H3/b32-26-,33-23-/t24-,25-,28+,29-,30-,31-/m0/s1. The molecule has 204 valence electrons. The summed E-state index contributed by atoms with van der Waals surface area (Å²) in [7, 11) is 3.84. The molecule has 7 heteroatoms. The van der Waals surface area contributed by atoms with Gasteiger partial charge in [0.1, 0.15) is 24.5 Å². The van der Waals surface area contributed by atoms with Crippen LogP contribution in [-0.4, -0.2) is 58.7 Å². The van der Waals surface area contributed by atoms with E-state index in [0.29, 0.717) is 19.4 Å². The van der Waals surface area contributed by atoms with Crippen LogP contribution in [0.25, 0.3) is 0 Å². The number of fused-ring (bicyclic) bond motifs is 5. The molecule has 0 aliphatic heterocycles. The zero-order valence-electron chi connectivity index (χ0n) is 23.3. The monoisotopic (exact) mass is 519 g/mol. The highest BCUT2D eigenvalue weighted by Crippen LogP contribution is 2.66. The number of nitrogens with zero attached hydrogens (tertiary/aromatic N) is 3. The summed E-state index contributed by atoms with van der Waals surface area (Å²) in [5.74, 6) is 0.182. The Morgan fingerprint density at radius 3 is 2.68 bits per heavy atom. The summed E-state index contributed by atoms with van der Waals surface area (Å²) < 4.78 is 0. The third-order valence-electron chi connectivity index (χ3n) is 10.0. The van der Waals surface area contributed by atoms with Crippen LogP contribution in [0.1, 0.15) is 57.1 Å². The second kappa shape index (κ2) is 9.76. The minimum atomic E-state index is -1.52. The van der Waals surface area contributed by atoms with Crippen molar-refractivity contribution in [2.45, 2.75) is 65.1 Å². The molecule has 0 saturated heterocycles. The van der Waals surface area contributed by atoms with Crippen molar-refractivity contribution in [3.63, 3.8) is 0 Å². The fourth-order valence-corrected chi connectivity index (χ4v) is 8.03. The maximum atomic E-state index is 12.8. The molecule has 1 aromatic rings. The number of aliphatic hydroxyl groups excluding tert-OH is 1. The van der Waals surface area contributed by atoms with Gasteiger partial charge < -0.3 is 20.1 Å². The third-order valence-corrected chi connectivity index (χ3v) is 10.0. The molecule has 0 radical (unpaired) electrons. The van der Waals surface area contributed by atoms with Crippen LogP contribution in [0.15, 0.2) is 58.3 Å². The predicted molar refractivity (Wildman–Crippen MR) is 149 cm³/mol. The van der Waals surface area contributed by atoms with Crippen molar-refractivity contribution in [3.8, 4) is 0 Å². The van der Waals surface area contributed by atoms with Crippen LogP contribution in [0.4, 0.5) is 0 Å². The second-order valence-corrected chi connectivity index (χ2v) is 12.3. The number of ketones is 1. The molecule has 6 atom stereocenters. The number of Topliss-reactive ketones (excluding diaryl/α,β-unsaturated/α-hetero) is 1. The number of hydrazone groups is 1. The first-order chi connectivity index (χ1) is 18.0. The number of allylic oxidation sites excluding steroid dienone is 4. The molecule has 3 fully saturated rings. The summed E-state index contributed by atoms with van der Waals surface area (Å²) in [6.45, 7) is 6.22. The van der Waals surface area contributed by atoms with Gasteiger partial charge in [-0.3, -0.25) is 4.79 Å². The highest BCUT2D eigenvalue weighted by molar-refractivity contribution is 6.06. The van der Waals surface area contributed by atoms with E-state index in [1.54, 1.807) is 0 Å². The molecule has 0 amide bonds. The molecule has 7 nitrogen and oxygen atoms in total. The van der Waals surface area contributed by atoms with E-state index in [2.05, 4.69) is 49.4 Å². The van der Waals surface area contributed by atoms with Gasteiger partial charge in [-0.05, 0) is 74.1 Å². The molecular formula is C31H41N3O4. The molecule has 1 aromatic carbocycles. The summed E-state index contributed by atoms with van der Waals surface area (Å²) in [5, 5.41) is 32.6. The van der Waals surface area contributed by atoms with Crippen molar-refractivity contribution in [2.24, 2.45) is 38.8 Å². The van der Waals surface area contributed by atoms with Crippen LogP contribution in [0.5, 0.6) is 0 Å². The van der Waals surface area contributed by atoms with E-state index in [1.807, 2.05) is 38.2 Å². The average Bonchev–Trinajstić information content (AvgIpc) is 3.15. The number of carbonyl (C=O) groups excluding carboxylic acids is 1. The van der Waals surface area contributed by atoms with E-state index in [0.717, 1.165) is 36.2 Å². The molecule has 0 heterocycles. The van der Waals surface area contributed by atoms with E-state index in [9.17, 15) is 15.0 Å². The summed E-state index contributed by atoms with van der Waals surface area (Å²) in [4.78, 5) is 18.6. The van der Waals surface area contributed by atoms with Crippen molar-refractivity contribution in [1.82, 2.24) is 5.01 Å². The van der Waals surface area contributed by atoms with Crippen LogP contribution in [0, 0.1) is 35.5 Å². The fraction of sp³-hybridized carbons (Fsp3) is 0.581. The van der Waals surface area contributed by atoms with Crippen LogP contribution in [-0.2, 0) is 16.2 Å². The molecule has 5 rings (SSSR count). The molecule has 2 N–H and O–H groups in total. The lowest BCUT2D eigenvalue weighted by molar-refractivity contribution is -0.157. The number of aliphatic hydroxyl groups is 2. The van der Waals surface area contributed by atoms with Gasteiger partial charge in [-0.2, -0.15) is 5.10 Å². The van der Waals surface area contributed by atoms with E-state index in [-0.39, 0.29) is 23.2 Å². The van der Waals surface area contributed by atoms with Crippen molar-refractivity contribution >= 4 is 17.2 Å². The average molecular weight is 520 g/mol. The van der Waals surface area contributed by atoms with Gasteiger partial charge in [-0.15, -0.1) is 0 Å². The lowest BCUT2D eigenvalue weighted by atomic mass is 9.46. The van der Waals surface area contributed by atoms with Gasteiger partial charge in [-0.1, -0.05) is 54.9 Å². The van der Waals surface area contributed by atoms with Gasteiger partial charge in [0.15, 0.2) is 5.78 Å². The predicted octanol–water partition coefficient (Wildman–Crippen LogP) is 4.43. The summed E-state index contributed by atoms with van der Waals surface area (Å²) >= 11 is 0. The minimum Gasteiger partial charge on any atom is -0.390 e. The molecule has 0 aromatic heterocycles. The molecule has 4 aliphatic rings. The Labute approximate surface area is 225 Å². The second-order valence-electron chi connectivity index (χ2n) is 12.3. The molecule has 3 saturated carbocycles. The Kier molecular flexibility index (Phi) is 6.89. The number of rotatable bonds is 6. The van der Waals surface area contributed by atoms with Crippen LogP contribution in [0.2, 0.25) is 0 Å². The largest absolute Gasteiger partial charge is 0.390 e. The summed E-state index contributed by atoms with van der Waals surface area (Å²) in [5.41, 5.74) is 3.10. The quantitative estimate of drug-likeness (QED) is 0.543. The fourth-order valence-electron chi connectivity index (χ4n) is 8.03. The minimum absolute atomic E-state index is 0.167. The van der Waals surface area contributed by atoms with Crippen molar-refractivity contribution in [1.29, 1.82) is 0 Å². The molecule has 4 aliphatic carbocycles. The van der Waals surface area contributed by atoms with Gasteiger partial charge in [0.05, 0.1) is 0 Å². The van der Waals surface area contributed by atoms with Gasteiger partial charge in [0, 0.05) is 36.6 Å². The Morgan fingerprint density at radius 1 is 1.21 bits per heavy atom. The Bertz CT molecular complexity index is 1230. The van der Waals surface area contributed by atoms with E-state index < -0.39 is 23.4 Å². The van der Waals surface area contributed by atoms with E-state index >= 15 is 0 Å². The lowest BCUT2D eigenvalue weighted by Gasteiger charge is -2.58. The van der Waals surface area contributed by atoms with Gasteiger partial charge >= 0.3 is 0 Å². The van der Waals surface area contributed by atoms with Gasteiger partial charge in [-0.25, -0.2) is 0 Å². The van der Waals surface area contributed by atoms with E-state index in [1.165, 1.54) is 11.1 Å². The third kappa shape index (κ3) is 4.15. The van der Waals surface area contributed by atoms with Crippen LogP contribution in [0.3, 0.4) is 0 Å². The topological polar surface area (TPSA) is 94.7 Å². The first-order valence-corrected chi connectivity index (χ1v) is 13.8. The zero-order valence-corrected chi connectivity index (χ0v) is 23.3. The molecular weight excluding hydrogens is 478 g/mol. The summed E-state index contributed by atoms with van der Waals surface area (Å²) in [6, 6.07) is 8.17. The number of hydrogen-bond acceptors (Lipinski definition) is 7. The summed E-state index contributed by atoms with van der Waals surface area (Å²) in [6.07, 6.45) is 10.1. The lowest BCUT2D eigenvalue weighted by Crippen LogP contribution is -2.60. The smallest absolute Gasteiger partial charge is 0.190 e. The first-order valence-electron chi connectivity index (χ1n) is 13.8. The number of oxime groups is 1. The zero-order chi connectivity index (χ0) is 27.3. The maximum Gasteiger partial charge on any atom is 0.190 e. The highest BCUT2D eigenvalue weighted by atomic mass is 16.6. The maximum absolute atomic E-state index is 12.8. The first kappa shape index (κ1) is 26.8.